The summed E-state index contributed by atoms with van der Waals surface area (Å²) in [6.07, 6.45) is 1.64. The molecule has 0 spiro atoms. The first kappa shape index (κ1) is 24.9. The van der Waals surface area contributed by atoms with Crippen molar-refractivity contribution >= 4 is 23.2 Å². The van der Waals surface area contributed by atoms with Crippen LogP contribution in [0.25, 0.3) is 0 Å². The van der Waals surface area contributed by atoms with Crippen molar-refractivity contribution in [2.24, 2.45) is 5.92 Å². The maximum absolute atomic E-state index is 14.0. The van der Waals surface area contributed by atoms with Crippen molar-refractivity contribution in [1.29, 1.82) is 0 Å². The van der Waals surface area contributed by atoms with Gasteiger partial charge in [0.2, 0.25) is 5.91 Å². The summed E-state index contributed by atoms with van der Waals surface area (Å²) in [5.41, 5.74) is 3.16. The number of carbonyl (C=O) groups excluding carboxylic acids is 2. The number of ether oxygens (including phenoxy) is 1. The van der Waals surface area contributed by atoms with Gasteiger partial charge in [0.05, 0.1) is 6.04 Å². The number of aromatic nitrogens is 1. The number of rotatable bonds is 8. The van der Waals surface area contributed by atoms with Gasteiger partial charge in [0.15, 0.2) is 0 Å². The zero-order valence-electron chi connectivity index (χ0n) is 20.2. The third-order valence-corrected chi connectivity index (χ3v) is 6.89. The number of thiazole rings is 1. The van der Waals surface area contributed by atoms with Crippen molar-refractivity contribution in [1.82, 2.24) is 15.2 Å². The number of nitrogens with zero attached hydrogens (tertiary/aromatic N) is 2. The fraction of sp³-hybridized carbons (Fsp3) is 0.370. The van der Waals surface area contributed by atoms with Crippen LogP contribution in [0.3, 0.4) is 0 Å². The molecule has 3 aromatic rings. The van der Waals surface area contributed by atoms with Gasteiger partial charge in [-0.25, -0.2) is 9.37 Å². The summed E-state index contributed by atoms with van der Waals surface area (Å²) in [4.78, 5) is 30.9. The van der Waals surface area contributed by atoms with Gasteiger partial charge in [-0.05, 0) is 59.7 Å². The molecule has 0 bridgehead atoms. The van der Waals surface area contributed by atoms with Crippen molar-refractivity contribution in [3.8, 4) is 5.75 Å². The fourth-order valence-electron chi connectivity index (χ4n) is 4.25. The van der Waals surface area contributed by atoms with Gasteiger partial charge in [-0.1, -0.05) is 32.0 Å². The first-order valence-electron chi connectivity index (χ1n) is 11.8. The molecule has 8 heteroatoms. The molecule has 0 unspecified atom stereocenters. The highest BCUT2D eigenvalue weighted by Gasteiger charge is 2.31. The molecule has 1 aliphatic rings. The first-order valence-corrected chi connectivity index (χ1v) is 12.7. The largest absolute Gasteiger partial charge is 0.486 e. The van der Waals surface area contributed by atoms with Crippen LogP contribution in [0.5, 0.6) is 5.75 Å². The summed E-state index contributed by atoms with van der Waals surface area (Å²) in [6.45, 7) is 7.19. The third-order valence-electron chi connectivity index (χ3n) is 6.07. The molecular weight excluding hydrogens is 465 g/mol. The Balaban J connectivity index is 1.49. The molecule has 6 nitrogen and oxygen atoms in total. The van der Waals surface area contributed by atoms with Crippen LogP contribution in [0.4, 0.5) is 4.39 Å². The average molecular weight is 496 g/mol. The standard InChI is InChI=1S/C27H30FN3O3S/c1-17(2)9-11-29-27(33)24-16-35-25(30-24)15-34-22-8-7-19-10-12-31(18(3)32)26(23(19)14-22)20-5-4-6-21(28)13-20/h4-8,13-14,16-17,26H,9-12,15H2,1-3H3,(H,29,33)/t26-/m0/s1. The lowest BCUT2D eigenvalue weighted by atomic mass is 9.88. The summed E-state index contributed by atoms with van der Waals surface area (Å²) in [7, 11) is 0. The molecule has 184 valence electrons. The van der Waals surface area contributed by atoms with Gasteiger partial charge in [-0.15, -0.1) is 11.3 Å². The van der Waals surface area contributed by atoms with E-state index in [2.05, 4.69) is 24.1 Å². The van der Waals surface area contributed by atoms with Crippen molar-refractivity contribution < 1.29 is 18.7 Å². The topological polar surface area (TPSA) is 71.5 Å². The molecule has 0 fully saturated rings. The number of benzene rings is 2. The van der Waals surface area contributed by atoms with Gasteiger partial charge in [0, 0.05) is 25.4 Å². The molecular formula is C27H30FN3O3S. The molecule has 0 aliphatic carbocycles. The first-order chi connectivity index (χ1) is 16.8. The number of carbonyl (C=O) groups is 2. The number of hydrogen-bond donors (Lipinski definition) is 1. The van der Waals surface area contributed by atoms with Crippen LogP contribution in [0.2, 0.25) is 0 Å². The fourth-order valence-corrected chi connectivity index (χ4v) is 4.94. The van der Waals surface area contributed by atoms with Crippen molar-refractivity contribution in [2.45, 2.75) is 46.3 Å². The minimum absolute atomic E-state index is 0.0572. The van der Waals surface area contributed by atoms with E-state index in [0.29, 0.717) is 35.5 Å². The molecule has 0 radical (unpaired) electrons. The van der Waals surface area contributed by atoms with E-state index in [1.165, 1.54) is 30.4 Å². The van der Waals surface area contributed by atoms with Crippen LogP contribution in [0.15, 0.2) is 47.8 Å². The maximum atomic E-state index is 14.0. The van der Waals surface area contributed by atoms with E-state index in [4.69, 9.17) is 4.74 Å². The second-order valence-electron chi connectivity index (χ2n) is 9.13. The van der Waals surface area contributed by atoms with E-state index in [9.17, 15) is 14.0 Å². The van der Waals surface area contributed by atoms with E-state index < -0.39 is 0 Å². The SMILES string of the molecule is CC(=O)N1CCc2ccc(OCc3nc(C(=O)NCCC(C)C)cs3)cc2[C@@H]1c1cccc(F)c1. The Labute approximate surface area is 209 Å². The summed E-state index contributed by atoms with van der Waals surface area (Å²) < 4.78 is 20.0. The van der Waals surface area contributed by atoms with Gasteiger partial charge in [-0.3, -0.25) is 9.59 Å². The van der Waals surface area contributed by atoms with Gasteiger partial charge >= 0.3 is 0 Å². The van der Waals surface area contributed by atoms with E-state index in [-0.39, 0.29) is 30.3 Å². The van der Waals surface area contributed by atoms with Crippen LogP contribution in [0.1, 0.15) is 65.4 Å². The summed E-state index contributed by atoms with van der Waals surface area (Å²) in [6, 6.07) is 11.8. The predicted molar refractivity (Wildman–Crippen MR) is 134 cm³/mol. The normalized spacial score (nSPS) is 15.1. The second-order valence-corrected chi connectivity index (χ2v) is 10.1. The zero-order valence-corrected chi connectivity index (χ0v) is 21.0. The van der Waals surface area contributed by atoms with Crippen molar-refractivity contribution in [3.05, 3.63) is 81.1 Å². The van der Waals surface area contributed by atoms with Crippen molar-refractivity contribution in [3.63, 3.8) is 0 Å². The number of fused-ring (bicyclic) bond motifs is 1. The number of halogens is 1. The minimum Gasteiger partial charge on any atom is -0.486 e. The number of amides is 2. The molecule has 2 aromatic carbocycles. The van der Waals surface area contributed by atoms with Gasteiger partial charge in [-0.2, -0.15) is 0 Å². The van der Waals surface area contributed by atoms with Gasteiger partial charge in [0.1, 0.15) is 28.9 Å². The molecule has 0 saturated carbocycles. The lowest BCUT2D eigenvalue weighted by Gasteiger charge is -2.37. The predicted octanol–water partition coefficient (Wildman–Crippen LogP) is 5.13. The monoisotopic (exact) mass is 495 g/mol. The average Bonchev–Trinajstić information content (AvgIpc) is 3.30. The molecule has 1 aromatic heterocycles. The summed E-state index contributed by atoms with van der Waals surface area (Å²) in [5, 5.41) is 5.33. The van der Waals surface area contributed by atoms with Gasteiger partial charge < -0.3 is 15.0 Å². The maximum Gasteiger partial charge on any atom is 0.270 e. The molecule has 4 rings (SSSR count). The van der Waals surface area contributed by atoms with E-state index in [0.717, 1.165) is 29.5 Å². The molecule has 1 aliphatic heterocycles. The molecule has 2 amide bonds. The molecule has 35 heavy (non-hydrogen) atoms. The zero-order chi connectivity index (χ0) is 24.9. The van der Waals surface area contributed by atoms with Crippen LogP contribution >= 0.6 is 11.3 Å². The number of nitrogens with one attached hydrogen (secondary N) is 1. The Kier molecular flexibility index (Phi) is 7.80. The highest BCUT2D eigenvalue weighted by atomic mass is 32.1. The molecule has 0 saturated heterocycles. The molecule has 1 atom stereocenters. The Morgan fingerprint density at radius 2 is 2.09 bits per heavy atom. The van der Waals surface area contributed by atoms with E-state index in [1.807, 2.05) is 24.3 Å². The lowest BCUT2D eigenvalue weighted by molar-refractivity contribution is -0.130. The second kappa shape index (κ2) is 11.0. The van der Waals surface area contributed by atoms with Crippen LogP contribution in [-0.2, 0) is 17.8 Å². The highest BCUT2D eigenvalue weighted by molar-refractivity contribution is 7.09. The van der Waals surface area contributed by atoms with E-state index in [1.54, 1.807) is 16.3 Å². The Morgan fingerprint density at radius 1 is 1.26 bits per heavy atom. The number of hydrogen-bond acceptors (Lipinski definition) is 5. The minimum atomic E-state index is -0.378. The van der Waals surface area contributed by atoms with Crippen molar-refractivity contribution in [2.75, 3.05) is 13.1 Å². The smallest absolute Gasteiger partial charge is 0.270 e. The summed E-state index contributed by atoms with van der Waals surface area (Å²) in [5.74, 6) is 0.587. The lowest BCUT2D eigenvalue weighted by Crippen LogP contribution is -2.39. The third kappa shape index (κ3) is 6.06. The quantitative estimate of drug-likeness (QED) is 0.470. The Hall–Kier alpha value is -3.26. The van der Waals surface area contributed by atoms with E-state index >= 15 is 0 Å². The molecule has 1 N–H and O–H groups in total. The molecule has 2 heterocycles. The summed E-state index contributed by atoms with van der Waals surface area (Å²) >= 11 is 1.38. The Morgan fingerprint density at radius 3 is 2.83 bits per heavy atom. The van der Waals surface area contributed by atoms with Crippen LogP contribution in [-0.4, -0.2) is 34.8 Å². The van der Waals surface area contributed by atoms with Crippen LogP contribution in [0, 0.1) is 11.7 Å². The van der Waals surface area contributed by atoms with Crippen LogP contribution < -0.4 is 10.1 Å². The highest BCUT2D eigenvalue weighted by Crippen LogP contribution is 2.37. The van der Waals surface area contributed by atoms with Gasteiger partial charge in [0.25, 0.3) is 5.91 Å². The Bertz CT molecular complexity index is 1210.